The molecular weight excluding hydrogens is 364 g/mol. The monoisotopic (exact) mass is 396 g/mol. The summed E-state index contributed by atoms with van der Waals surface area (Å²) in [6.45, 7) is 9.51. The van der Waals surface area contributed by atoms with Gasteiger partial charge >= 0.3 is 5.97 Å². The predicted octanol–water partition coefficient (Wildman–Crippen LogP) is 4.31. The van der Waals surface area contributed by atoms with Crippen molar-refractivity contribution >= 4 is 24.7 Å². The third kappa shape index (κ3) is 3.94. The second kappa shape index (κ2) is 8.22. The molecule has 0 spiro atoms. The van der Waals surface area contributed by atoms with Crippen LogP contribution in [0.2, 0.25) is 5.04 Å². The topological polar surface area (TPSA) is 46.5 Å². The van der Waals surface area contributed by atoms with Crippen LogP contribution in [0, 0.1) is 17.8 Å². The molecular formula is C24H32O3Si. The molecule has 150 valence electrons. The highest BCUT2D eigenvalue weighted by molar-refractivity contribution is 6.99. The van der Waals surface area contributed by atoms with E-state index < -0.39 is 14.3 Å². The number of carbonyl (C=O) groups is 1. The van der Waals surface area contributed by atoms with Crippen molar-refractivity contribution in [3.8, 4) is 0 Å². The third-order valence-electron chi connectivity index (χ3n) is 6.25. The first-order valence-electron chi connectivity index (χ1n) is 10.2. The van der Waals surface area contributed by atoms with Gasteiger partial charge in [0, 0.05) is 6.61 Å². The van der Waals surface area contributed by atoms with Gasteiger partial charge in [-0.15, -0.1) is 0 Å². The Labute approximate surface area is 169 Å². The van der Waals surface area contributed by atoms with E-state index >= 15 is 0 Å². The van der Waals surface area contributed by atoms with Crippen LogP contribution < -0.4 is 10.4 Å². The molecule has 3 rings (SSSR count). The Kier molecular flexibility index (Phi) is 6.11. The number of benzene rings is 2. The van der Waals surface area contributed by atoms with E-state index in [1.807, 2.05) is 12.1 Å². The van der Waals surface area contributed by atoms with Gasteiger partial charge in [-0.2, -0.15) is 0 Å². The smallest absolute Gasteiger partial charge is 0.306 e. The lowest BCUT2D eigenvalue weighted by Crippen LogP contribution is -2.66. The highest BCUT2D eigenvalue weighted by atomic mass is 28.4. The zero-order valence-electron chi connectivity index (χ0n) is 17.4. The van der Waals surface area contributed by atoms with Gasteiger partial charge in [0.1, 0.15) is 0 Å². The minimum Gasteiger partial charge on any atom is -0.481 e. The second-order valence-electron chi connectivity index (χ2n) is 9.23. The van der Waals surface area contributed by atoms with Crippen LogP contribution in [0.5, 0.6) is 0 Å². The fourth-order valence-corrected chi connectivity index (χ4v) is 9.50. The average molecular weight is 397 g/mol. The van der Waals surface area contributed by atoms with Crippen molar-refractivity contribution < 1.29 is 14.3 Å². The minimum absolute atomic E-state index is 0.0495. The van der Waals surface area contributed by atoms with Gasteiger partial charge in [-0.1, -0.05) is 88.4 Å². The molecule has 1 fully saturated rings. The van der Waals surface area contributed by atoms with Gasteiger partial charge in [0.2, 0.25) is 0 Å². The molecule has 4 heteroatoms. The Balaban J connectivity index is 1.97. The van der Waals surface area contributed by atoms with Crippen molar-refractivity contribution in [2.75, 3.05) is 6.61 Å². The van der Waals surface area contributed by atoms with E-state index in [0.717, 1.165) is 6.42 Å². The first-order chi connectivity index (χ1) is 13.3. The van der Waals surface area contributed by atoms with Gasteiger partial charge in [-0.3, -0.25) is 4.79 Å². The molecule has 0 amide bonds. The Hall–Kier alpha value is -1.91. The van der Waals surface area contributed by atoms with Crippen molar-refractivity contribution in [3.63, 3.8) is 0 Å². The summed E-state index contributed by atoms with van der Waals surface area (Å²) in [5, 5.41) is 12.0. The maximum absolute atomic E-state index is 11.5. The van der Waals surface area contributed by atoms with Crippen LogP contribution in [-0.2, 0) is 9.22 Å². The van der Waals surface area contributed by atoms with E-state index in [1.165, 1.54) is 10.4 Å². The van der Waals surface area contributed by atoms with Gasteiger partial charge in [0.25, 0.3) is 8.32 Å². The molecule has 0 saturated heterocycles. The number of carboxylic acid groups (broad SMARTS) is 1. The number of rotatable bonds is 6. The van der Waals surface area contributed by atoms with Gasteiger partial charge < -0.3 is 9.53 Å². The van der Waals surface area contributed by atoms with Gasteiger partial charge in [-0.05, 0) is 40.1 Å². The van der Waals surface area contributed by atoms with Crippen molar-refractivity contribution in [3.05, 3.63) is 60.7 Å². The molecule has 1 saturated carbocycles. The van der Waals surface area contributed by atoms with E-state index in [-0.39, 0.29) is 16.9 Å². The second-order valence-corrected chi connectivity index (χ2v) is 13.5. The van der Waals surface area contributed by atoms with Crippen molar-refractivity contribution in [2.24, 2.45) is 17.8 Å². The lowest BCUT2D eigenvalue weighted by atomic mass is 9.99. The van der Waals surface area contributed by atoms with E-state index in [9.17, 15) is 9.90 Å². The normalized spacial score (nSPS) is 22.9. The van der Waals surface area contributed by atoms with Crippen molar-refractivity contribution in [1.82, 2.24) is 0 Å². The molecule has 2 aromatic rings. The highest BCUT2D eigenvalue weighted by Crippen LogP contribution is 2.40. The summed E-state index contributed by atoms with van der Waals surface area (Å²) in [4.78, 5) is 11.5. The predicted molar refractivity (Wildman–Crippen MR) is 117 cm³/mol. The Morgan fingerprint density at radius 2 is 1.50 bits per heavy atom. The third-order valence-corrected chi connectivity index (χ3v) is 11.3. The number of aliphatic carboxylic acids is 1. The summed E-state index contributed by atoms with van der Waals surface area (Å²) in [6, 6.07) is 21.2. The maximum atomic E-state index is 11.5. The van der Waals surface area contributed by atoms with Crippen molar-refractivity contribution in [1.29, 1.82) is 0 Å². The maximum Gasteiger partial charge on any atom is 0.306 e. The molecule has 28 heavy (non-hydrogen) atoms. The minimum atomic E-state index is -2.54. The zero-order chi connectivity index (χ0) is 20.4. The molecule has 1 N–H and O–H groups in total. The Morgan fingerprint density at radius 1 is 1.00 bits per heavy atom. The molecule has 2 aromatic carbocycles. The van der Waals surface area contributed by atoms with Gasteiger partial charge in [0.05, 0.1) is 5.92 Å². The highest BCUT2D eigenvalue weighted by Gasteiger charge is 2.50. The van der Waals surface area contributed by atoms with Crippen LogP contribution in [0.3, 0.4) is 0 Å². The first kappa shape index (κ1) is 20.8. The van der Waals surface area contributed by atoms with Crippen LogP contribution in [0.4, 0.5) is 0 Å². The summed E-state index contributed by atoms with van der Waals surface area (Å²) in [5.41, 5.74) is 0. The molecule has 3 nitrogen and oxygen atoms in total. The van der Waals surface area contributed by atoms with Crippen molar-refractivity contribution in [2.45, 2.75) is 45.6 Å². The van der Waals surface area contributed by atoms with E-state index in [2.05, 4.69) is 76.2 Å². The summed E-state index contributed by atoms with van der Waals surface area (Å²) >= 11 is 0. The molecule has 1 unspecified atom stereocenters. The lowest BCUT2D eigenvalue weighted by Gasteiger charge is -2.43. The summed E-state index contributed by atoms with van der Waals surface area (Å²) in [6.07, 6.45) is 1.64. The summed E-state index contributed by atoms with van der Waals surface area (Å²) in [5.74, 6) is -0.392. The quantitative estimate of drug-likeness (QED) is 0.740. The zero-order valence-corrected chi connectivity index (χ0v) is 18.4. The fourth-order valence-electron chi connectivity index (χ4n) is 4.86. The average Bonchev–Trinajstić information content (AvgIpc) is 3.04. The van der Waals surface area contributed by atoms with Crippen LogP contribution in [0.25, 0.3) is 0 Å². The van der Waals surface area contributed by atoms with E-state index in [0.29, 0.717) is 18.9 Å². The van der Waals surface area contributed by atoms with Crippen LogP contribution >= 0.6 is 0 Å². The molecule has 0 heterocycles. The molecule has 0 aliphatic heterocycles. The Morgan fingerprint density at radius 3 is 1.89 bits per heavy atom. The molecule has 1 aliphatic rings. The molecule has 0 bridgehead atoms. The Bertz CT molecular complexity index is 743. The molecule has 0 aromatic heterocycles. The van der Waals surface area contributed by atoms with Crippen LogP contribution in [0.15, 0.2) is 60.7 Å². The SMILES string of the molecule is C[C@H]1CC(CO[Si](c2ccccc2)(c2ccccc2)C(C)(C)C)C[C@@H]1C(=O)O. The number of hydrogen-bond acceptors (Lipinski definition) is 2. The van der Waals surface area contributed by atoms with Gasteiger partial charge in [0.15, 0.2) is 0 Å². The van der Waals surface area contributed by atoms with Crippen LogP contribution in [0.1, 0.15) is 40.5 Å². The number of carboxylic acids is 1. The van der Waals surface area contributed by atoms with E-state index in [1.54, 1.807) is 0 Å². The lowest BCUT2D eigenvalue weighted by molar-refractivity contribution is -0.142. The van der Waals surface area contributed by atoms with Crippen LogP contribution in [-0.4, -0.2) is 26.0 Å². The number of hydrogen-bond donors (Lipinski definition) is 1. The molecule has 0 radical (unpaired) electrons. The summed E-state index contributed by atoms with van der Waals surface area (Å²) < 4.78 is 6.97. The molecule has 3 atom stereocenters. The molecule has 1 aliphatic carbocycles. The fraction of sp³-hybridized carbons (Fsp3) is 0.458. The largest absolute Gasteiger partial charge is 0.481 e. The summed E-state index contributed by atoms with van der Waals surface area (Å²) in [7, 11) is -2.54. The van der Waals surface area contributed by atoms with E-state index in [4.69, 9.17) is 4.43 Å². The first-order valence-corrected chi connectivity index (χ1v) is 12.1. The van der Waals surface area contributed by atoms with Gasteiger partial charge in [-0.25, -0.2) is 0 Å². The standard InChI is InChI=1S/C24H32O3Si/c1-18-15-19(16-22(18)23(25)26)17-27-28(24(2,3)4,20-11-7-5-8-12-20)21-13-9-6-10-14-21/h5-14,18-19,22H,15-17H2,1-4H3,(H,25,26)/t18-,19?,22-/m0/s1.